The summed E-state index contributed by atoms with van der Waals surface area (Å²) in [6.45, 7) is 3.99. The number of ether oxygens (including phenoxy) is 2. The largest absolute Gasteiger partial charge is 0.486 e. The highest BCUT2D eigenvalue weighted by atomic mass is 16.6. The topological polar surface area (TPSA) is 83.1 Å². The lowest BCUT2D eigenvalue weighted by Crippen LogP contribution is -2.53. The Balaban J connectivity index is 1.13. The summed E-state index contributed by atoms with van der Waals surface area (Å²) in [5.41, 5.74) is 1.86. The highest BCUT2D eigenvalue weighted by molar-refractivity contribution is 5.92. The van der Waals surface area contributed by atoms with E-state index >= 15 is 0 Å². The SMILES string of the molecule is O=C(CN1CCN(C(=O)NC(c2ccc3c(c2)OCCO3)C2CC2)CC1)Nc1ccccc1. The highest BCUT2D eigenvalue weighted by Crippen LogP contribution is 2.43. The van der Waals surface area contributed by atoms with E-state index < -0.39 is 0 Å². The zero-order chi connectivity index (χ0) is 22.6. The number of amides is 3. The van der Waals surface area contributed by atoms with Gasteiger partial charge in [0.25, 0.3) is 0 Å². The Hall–Kier alpha value is -3.26. The average Bonchev–Trinajstić information content (AvgIpc) is 3.68. The maximum absolute atomic E-state index is 13.0. The summed E-state index contributed by atoms with van der Waals surface area (Å²) in [7, 11) is 0. The summed E-state index contributed by atoms with van der Waals surface area (Å²) in [6, 6.07) is 15.3. The van der Waals surface area contributed by atoms with E-state index in [1.54, 1.807) is 0 Å². The molecule has 1 aliphatic carbocycles. The van der Waals surface area contributed by atoms with E-state index in [9.17, 15) is 9.59 Å². The van der Waals surface area contributed by atoms with Gasteiger partial charge in [-0.3, -0.25) is 9.69 Å². The fourth-order valence-corrected chi connectivity index (χ4v) is 4.41. The third-order valence-electron chi connectivity index (χ3n) is 6.38. The van der Waals surface area contributed by atoms with Crippen molar-refractivity contribution in [3.05, 3.63) is 54.1 Å². The minimum Gasteiger partial charge on any atom is -0.486 e. The Morgan fingerprint density at radius 2 is 1.67 bits per heavy atom. The van der Waals surface area contributed by atoms with Crippen molar-refractivity contribution in [2.45, 2.75) is 18.9 Å². The lowest BCUT2D eigenvalue weighted by atomic mass is 10.0. The number of piperazine rings is 1. The molecule has 174 valence electrons. The Labute approximate surface area is 193 Å². The van der Waals surface area contributed by atoms with Gasteiger partial charge < -0.3 is 25.0 Å². The van der Waals surface area contributed by atoms with Crippen LogP contribution >= 0.6 is 0 Å². The van der Waals surface area contributed by atoms with E-state index in [0.717, 1.165) is 35.6 Å². The Kier molecular flexibility index (Phi) is 6.35. The van der Waals surface area contributed by atoms with Gasteiger partial charge in [-0.1, -0.05) is 24.3 Å². The van der Waals surface area contributed by atoms with Crippen LogP contribution in [0.25, 0.3) is 0 Å². The van der Waals surface area contributed by atoms with Crippen LogP contribution in [0.3, 0.4) is 0 Å². The summed E-state index contributed by atoms with van der Waals surface area (Å²) in [4.78, 5) is 29.3. The molecule has 2 heterocycles. The first-order valence-electron chi connectivity index (χ1n) is 11.7. The smallest absolute Gasteiger partial charge is 0.317 e. The van der Waals surface area contributed by atoms with Gasteiger partial charge >= 0.3 is 6.03 Å². The van der Waals surface area contributed by atoms with Crippen molar-refractivity contribution >= 4 is 17.6 Å². The van der Waals surface area contributed by atoms with E-state index in [0.29, 0.717) is 51.9 Å². The molecule has 0 radical (unpaired) electrons. The van der Waals surface area contributed by atoms with Gasteiger partial charge in [0.15, 0.2) is 11.5 Å². The molecule has 0 aromatic heterocycles. The molecule has 2 aromatic rings. The van der Waals surface area contributed by atoms with E-state index in [1.807, 2.05) is 53.4 Å². The molecule has 33 heavy (non-hydrogen) atoms. The number of para-hydroxylation sites is 1. The van der Waals surface area contributed by atoms with Crippen LogP contribution in [-0.4, -0.2) is 67.7 Å². The third-order valence-corrected chi connectivity index (χ3v) is 6.38. The van der Waals surface area contributed by atoms with Gasteiger partial charge in [-0.2, -0.15) is 0 Å². The number of rotatable bonds is 6. The van der Waals surface area contributed by atoms with E-state index in [4.69, 9.17) is 9.47 Å². The van der Waals surface area contributed by atoms with Crippen LogP contribution < -0.4 is 20.1 Å². The minimum absolute atomic E-state index is 0.0250. The molecule has 3 amide bonds. The van der Waals surface area contributed by atoms with Crippen molar-refractivity contribution in [3.63, 3.8) is 0 Å². The van der Waals surface area contributed by atoms with Gasteiger partial charge in [0.05, 0.1) is 12.6 Å². The first-order valence-corrected chi connectivity index (χ1v) is 11.7. The van der Waals surface area contributed by atoms with Crippen molar-refractivity contribution in [1.29, 1.82) is 0 Å². The van der Waals surface area contributed by atoms with Crippen molar-refractivity contribution < 1.29 is 19.1 Å². The van der Waals surface area contributed by atoms with Gasteiger partial charge in [0.2, 0.25) is 5.91 Å². The lowest BCUT2D eigenvalue weighted by Gasteiger charge is -2.35. The third kappa shape index (κ3) is 5.39. The number of hydrogen-bond donors (Lipinski definition) is 2. The Morgan fingerprint density at radius 3 is 2.39 bits per heavy atom. The quantitative estimate of drug-likeness (QED) is 0.707. The molecule has 2 aromatic carbocycles. The van der Waals surface area contributed by atoms with Crippen LogP contribution in [-0.2, 0) is 4.79 Å². The number of nitrogens with one attached hydrogen (secondary N) is 2. The van der Waals surface area contributed by atoms with Gasteiger partial charge in [-0.25, -0.2) is 4.79 Å². The van der Waals surface area contributed by atoms with E-state index in [1.165, 1.54) is 0 Å². The molecule has 2 N–H and O–H groups in total. The lowest BCUT2D eigenvalue weighted by molar-refractivity contribution is -0.117. The molecule has 1 saturated heterocycles. The predicted octanol–water partition coefficient (Wildman–Crippen LogP) is 2.87. The second-order valence-corrected chi connectivity index (χ2v) is 8.85. The first kappa shape index (κ1) is 21.6. The van der Waals surface area contributed by atoms with Crippen LogP contribution in [0.4, 0.5) is 10.5 Å². The molecule has 0 bridgehead atoms. The van der Waals surface area contributed by atoms with Crippen LogP contribution in [0.5, 0.6) is 11.5 Å². The number of carbonyl (C=O) groups is 2. The molecule has 1 atom stereocenters. The number of urea groups is 1. The normalized spacial score (nSPS) is 19.0. The van der Waals surface area contributed by atoms with Crippen molar-refractivity contribution in [3.8, 4) is 11.5 Å². The van der Waals surface area contributed by atoms with Gasteiger partial charge in [0.1, 0.15) is 13.2 Å². The van der Waals surface area contributed by atoms with E-state index in [-0.39, 0.29) is 18.0 Å². The molecule has 2 fully saturated rings. The fraction of sp³-hybridized carbons (Fsp3) is 0.440. The highest BCUT2D eigenvalue weighted by Gasteiger charge is 2.35. The average molecular weight is 451 g/mol. The fourth-order valence-electron chi connectivity index (χ4n) is 4.41. The zero-order valence-corrected chi connectivity index (χ0v) is 18.7. The van der Waals surface area contributed by atoms with Crippen molar-refractivity contribution in [2.24, 2.45) is 5.92 Å². The molecule has 1 unspecified atom stereocenters. The standard InChI is InChI=1S/C25H30N4O4/c30-23(26-20-4-2-1-3-5-20)17-28-10-12-29(13-11-28)25(31)27-24(18-6-7-18)19-8-9-21-22(16-19)33-15-14-32-21/h1-5,8-9,16,18,24H,6-7,10-15,17H2,(H,26,30)(H,27,31). The van der Waals surface area contributed by atoms with Gasteiger partial charge in [-0.15, -0.1) is 0 Å². The molecule has 0 spiro atoms. The van der Waals surface area contributed by atoms with Crippen LogP contribution in [0.2, 0.25) is 0 Å². The molecular formula is C25H30N4O4. The van der Waals surface area contributed by atoms with Crippen molar-refractivity contribution in [2.75, 3.05) is 51.3 Å². The molecular weight excluding hydrogens is 420 g/mol. The number of nitrogens with zero attached hydrogens (tertiary/aromatic N) is 2. The summed E-state index contributed by atoms with van der Waals surface area (Å²) in [5, 5.41) is 6.17. The number of benzene rings is 2. The summed E-state index contributed by atoms with van der Waals surface area (Å²) < 4.78 is 11.4. The summed E-state index contributed by atoms with van der Waals surface area (Å²) in [6.07, 6.45) is 2.23. The van der Waals surface area contributed by atoms with Crippen LogP contribution in [0.1, 0.15) is 24.4 Å². The maximum atomic E-state index is 13.0. The predicted molar refractivity (Wildman–Crippen MR) is 125 cm³/mol. The Morgan fingerprint density at radius 1 is 0.939 bits per heavy atom. The van der Waals surface area contributed by atoms with Crippen LogP contribution in [0.15, 0.2) is 48.5 Å². The second-order valence-electron chi connectivity index (χ2n) is 8.85. The molecule has 5 rings (SSSR count). The maximum Gasteiger partial charge on any atom is 0.317 e. The molecule has 8 heteroatoms. The number of fused-ring (bicyclic) bond motifs is 1. The molecule has 8 nitrogen and oxygen atoms in total. The van der Waals surface area contributed by atoms with Crippen LogP contribution in [0, 0.1) is 5.92 Å². The minimum atomic E-state index is -0.0461. The molecule has 1 saturated carbocycles. The first-order chi connectivity index (χ1) is 16.2. The van der Waals surface area contributed by atoms with Gasteiger partial charge in [-0.05, 0) is 48.6 Å². The number of carbonyl (C=O) groups excluding carboxylic acids is 2. The zero-order valence-electron chi connectivity index (χ0n) is 18.7. The van der Waals surface area contributed by atoms with E-state index in [2.05, 4.69) is 15.5 Å². The molecule has 2 aliphatic heterocycles. The Bertz CT molecular complexity index is 987. The summed E-state index contributed by atoms with van der Waals surface area (Å²) in [5.74, 6) is 1.94. The summed E-state index contributed by atoms with van der Waals surface area (Å²) >= 11 is 0. The number of anilines is 1. The number of hydrogen-bond acceptors (Lipinski definition) is 5. The van der Waals surface area contributed by atoms with Gasteiger partial charge in [0, 0.05) is 31.9 Å². The second kappa shape index (κ2) is 9.70. The molecule has 3 aliphatic rings. The monoisotopic (exact) mass is 450 g/mol. The van der Waals surface area contributed by atoms with Crippen molar-refractivity contribution in [1.82, 2.24) is 15.1 Å².